The smallest absolute Gasteiger partial charge is 0.333 e. The zero-order chi connectivity index (χ0) is 42.1. The summed E-state index contributed by atoms with van der Waals surface area (Å²) in [6, 6.07) is 5.93. The van der Waals surface area contributed by atoms with Crippen molar-refractivity contribution in [1.82, 2.24) is 25.7 Å². The van der Waals surface area contributed by atoms with Crippen LogP contribution in [0.2, 0.25) is 0 Å². The lowest BCUT2D eigenvalue weighted by molar-refractivity contribution is -0.197. The van der Waals surface area contributed by atoms with Gasteiger partial charge in [0, 0.05) is 61.6 Å². The lowest BCUT2D eigenvalue weighted by Gasteiger charge is -2.23. The highest BCUT2D eigenvalue weighted by molar-refractivity contribution is 7.92. The molecule has 2 aliphatic rings. The van der Waals surface area contributed by atoms with E-state index in [4.69, 9.17) is 14.3 Å². The number of rotatable bonds is 12. The summed E-state index contributed by atoms with van der Waals surface area (Å²) in [6.07, 6.45) is 2.07. The van der Waals surface area contributed by atoms with E-state index in [0.717, 1.165) is 6.20 Å². The van der Waals surface area contributed by atoms with Gasteiger partial charge in [-0.05, 0) is 49.1 Å². The number of halogens is 2. The van der Waals surface area contributed by atoms with Crippen molar-refractivity contribution in [1.29, 1.82) is 0 Å². The number of pyridine rings is 2. The normalized spacial score (nSPS) is 15.9. The van der Waals surface area contributed by atoms with Crippen LogP contribution < -0.4 is 25.4 Å². The molecule has 4 heterocycles. The number of ether oxygens (including phenoxy) is 2. The molecule has 3 N–H and O–H groups in total. The maximum absolute atomic E-state index is 15.0. The highest BCUT2D eigenvalue weighted by atomic mass is 32.2. The summed E-state index contributed by atoms with van der Waals surface area (Å²) in [5.41, 5.74) is 0.818. The van der Waals surface area contributed by atoms with Gasteiger partial charge >= 0.3 is 5.97 Å². The molecule has 0 saturated carbocycles. The van der Waals surface area contributed by atoms with E-state index in [2.05, 4.69) is 30.3 Å². The second kappa shape index (κ2) is 18.9. The van der Waals surface area contributed by atoms with Crippen LogP contribution in [0.3, 0.4) is 0 Å². The largest absolute Gasteiger partial charge is 0.493 e. The van der Waals surface area contributed by atoms with Gasteiger partial charge in [-0.25, -0.2) is 22.8 Å². The predicted octanol–water partition coefficient (Wildman–Crippen LogP) is 3.87. The van der Waals surface area contributed by atoms with Crippen LogP contribution in [-0.2, 0) is 49.1 Å². The standard InChI is InChI=1S/C38H43F2N7O10S/c1-21(2)36(45-31(48)7-5-8-35(51)57-47-33(49)11-12-34(47)50)38(53)42-22(3)37(52)46-58(4,54)20-23-15-30-43-29-18-26(27(40)19-41-29)25-10-9-24(39)17-28(25)55-13-6-14-56-32(16-23)44-30/h9-10,15-19,21-22,36H,5-8,11-14,20H2,1-4H3,(H,42,53)(H,45,48)(H,41,43,44)/t22-,36?,58?/m0/s1. The maximum Gasteiger partial charge on any atom is 0.333 e. The molecule has 5 rings (SSSR count). The number of hydroxylamine groups is 2. The average molecular weight is 828 g/mol. The first-order valence-electron chi connectivity index (χ1n) is 18.4. The third-order valence-corrected chi connectivity index (χ3v) is 10.1. The van der Waals surface area contributed by atoms with E-state index in [0.29, 0.717) is 22.6 Å². The summed E-state index contributed by atoms with van der Waals surface area (Å²) in [5, 5.41) is 8.49. The van der Waals surface area contributed by atoms with Gasteiger partial charge < -0.3 is 30.3 Å². The van der Waals surface area contributed by atoms with Crippen LogP contribution in [0.5, 0.6) is 11.6 Å². The van der Waals surface area contributed by atoms with Gasteiger partial charge in [0.15, 0.2) is 0 Å². The van der Waals surface area contributed by atoms with E-state index in [1.165, 1.54) is 43.5 Å². The molecule has 17 nitrogen and oxygen atoms in total. The molecule has 58 heavy (non-hydrogen) atoms. The fourth-order valence-electron chi connectivity index (χ4n) is 5.84. The Bertz CT molecular complexity index is 2210. The highest BCUT2D eigenvalue weighted by Gasteiger charge is 2.33. The Morgan fingerprint density at radius 1 is 0.966 bits per heavy atom. The Kier molecular flexibility index (Phi) is 14.1. The summed E-state index contributed by atoms with van der Waals surface area (Å²) in [4.78, 5) is 87.6. The molecule has 1 fully saturated rings. The van der Waals surface area contributed by atoms with Gasteiger partial charge in [-0.3, -0.25) is 24.0 Å². The lowest BCUT2D eigenvalue weighted by atomic mass is 10.0. The van der Waals surface area contributed by atoms with E-state index in [1.54, 1.807) is 19.9 Å². The van der Waals surface area contributed by atoms with Crippen molar-refractivity contribution in [3.63, 3.8) is 0 Å². The lowest BCUT2D eigenvalue weighted by Crippen LogP contribution is -2.52. The van der Waals surface area contributed by atoms with Gasteiger partial charge in [-0.2, -0.15) is 9.35 Å². The molecule has 2 unspecified atom stereocenters. The molecule has 3 aromatic rings. The fourth-order valence-corrected chi connectivity index (χ4v) is 7.22. The fraction of sp³-hybridized carbons (Fsp3) is 0.421. The van der Waals surface area contributed by atoms with Gasteiger partial charge in [-0.15, -0.1) is 5.06 Å². The number of imide groups is 1. The van der Waals surface area contributed by atoms with Crippen LogP contribution in [0.4, 0.5) is 20.4 Å². The molecule has 3 atom stereocenters. The Balaban J connectivity index is 1.22. The predicted molar refractivity (Wildman–Crippen MR) is 203 cm³/mol. The number of anilines is 2. The van der Waals surface area contributed by atoms with Crippen LogP contribution >= 0.6 is 0 Å². The van der Waals surface area contributed by atoms with E-state index in [-0.39, 0.29) is 79.9 Å². The van der Waals surface area contributed by atoms with Crippen LogP contribution in [0.1, 0.15) is 64.9 Å². The van der Waals surface area contributed by atoms with Gasteiger partial charge in [0.1, 0.15) is 41.1 Å². The van der Waals surface area contributed by atoms with Crippen molar-refractivity contribution in [2.45, 2.75) is 77.1 Å². The molecular weight excluding hydrogens is 785 g/mol. The Labute approximate surface area is 332 Å². The number of carbonyl (C=O) groups excluding carboxylic acids is 6. The second-order valence-corrected chi connectivity index (χ2v) is 16.4. The number of hydrogen-bond donors (Lipinski definition) is 3. The summed E-state index contributed by atoms with van der Waals surface area (Å²) in [7, 11) is -3.28. The quantitative estimate of drug-likeness (QED) is 0.221. The molecule has 0 aliphatic carbocycles. The molecule has 310 valence electrons. The van der Waals surface area contributed by atoms with E-state index in [1.807, 2.05) is 0 Å². The van der Waals surface area contributed by atoms with E-state index >= 15 is 0 Å². The molecule has 2 aromatic heterocycles. The number of nitrogens with one attached hydrogen (secondary N) is 3. The number of benzene rings is 1. The molecular formula is C38H43F2N7O10S. The number of nitrogens with zero attached hydrogens (tertiary/aromatic N) is 4. The van der Waals surface area contributed by atoms with E-state index in [9.17, 15) is 41.8 Å². The van der Waals surface area contributed by atoms with Crippen molar-refractivity contribution in [2.24, 2.45) is 10.3 Å². The Morgan fingerprint density at radius 3 is 2.41 bits per heavy atom. The third-order valence-electron chi connectivity index (χ3n) is 8.70. The molecule has 1 saturated heterocycles. The molecule has 0 radical (unpaired) electrons. The van der Waals surface area contributed by atoms with Crippen LogP contribution in [0.15, 0.2) is 47.0 Å². The average Bonchev–Trinajstić information content (AvgIpc) is 3.45. The monoisotopic (exact) mass is 827 g/mol. The molecule has 4 bridgehead atoms. The van der Waals surface area contributed by atoms with Crippen LogP contribution in [-0.4, -0.2) is 86.3 Å². The zero-order valence-corrected chi connectivity index (χ0v) is 33.0. The number of amides is 5. The second-order valence-electron chi connectivity index (χ2n) is 14.0. The van der Waals surface area contributed by atoms with Gasteiger partial charge in [0.05, 0.1) is 34.9 Å². The van der Waals surface area contributed by atoms with Crippen molar-refractivity contribution < 1.29 is 56.1 Å². The van der Waals surface area contributed by atoms with Crippen molar-refractivity contribution >= 4 is 56.9 Å². The van der Waals surface area contributed by atoms with Crippen molar-refractivity contribution in [2.75, 3.05) is 24.8 Å². The number of hydrogen-bond acceptors (Lipinski definition) is 13. The zero-order valence-electron chi connectivity index (χ0n) is 32.2. The topological polar surface area (TPSA) is 225 Å². The van der Waals surface area contributed by atoms with E-state index < -0.39 is 74.9 Å². The summed E-state index contributed by atoms with van der Waals surface area (Å²) in [5.74, 6) is -5.49. The van der Waals surface area contributed by atoms with Crippen molar-refractivity contribution in [3.05, 3.63) is 59.8 Å². The van der Waals surface area contributed by atoms with Gasteiger partial charge in [-0.1, -0.05) is 13.8 Å². The summed E-state index contributed by atoms with van der Waals surface area (Å²) in [6.45, 7) is 4.94. The molecule has 0 spiro atoms. The number of carbonyl (C=O) groups is 6. The number of fused-ring (bicyclic) bond motifs is 6. The summed E-state index contributed by atoms with van der Waals surface area (Å²) >= 11 is 0. The SMILES string of the molecule is CC(C)C(NC(=O)CCCC(=O)ON1C(=O)CCC1=O)C(=O)N[C@@H](C)C(=O)N=S(C)(=O)Cc1cc2nc(c1)OCCCOc1cc(F)ccc1-c1cc(ncc1F)N2. The van der Waals surface area contributed by atoms with Gasteiger partial charge in [0.25, 0.3) is 17.7 Å². The summed E-state index contributed by atoms with van der Waals surface area (Å²) < 4.78 is 58.3. The first-order valence-corrected chi connectivity index (χ1v) is 20.5. The Morgan fingerprint density at radius 2 is 1.69 bits per heavy atom. The maximum atomic E-state index is 15.0. The minimum absolute atomic E-state index is 0.00585. The first kappa shape index (κ1) is 43.1. The first-order chi connectivity index (χ1) is 27.5. The minimum atomic E-state index is -3.28. The van der Waals surface area contributed by atoms with Crippen LogP contribution in [0.25, 0.3) is 11.1 Å². The molecule has 2 aliphatic heterocycles. The number of aromatic nitrogens is 2. The molecule has 5 amide bonds. The molecule has 20 heteroatoms. The van der Waals surface area contributed by atoms with Gasteiger partial charge in [0.2, 0.25) is 17.7 Å². The Hall–Kier alpha value is -6.05. The third kappa shape index (κ3) is 11.7. The highest BCUT2D eigenvalue weighted by Crippen LogP contribution is 2.34. The van der Waals surface area contributed by atoms with Crippen LogP contribution in [0, 0.1) is 17.6 Å². The minimum Gasteiger partial charge on any atom is -0.493 e. The van der Waals surface area contributed by atoms with Crippen molar-refractivity contribution in [3.8, 4) is 22.8 Å². The molecule has 1 aromatic carbocycles.